The van der Waals surface area contributed by atoms with Gasteiger partial charge in [0.05, 0.1) is 29.6 Å². The van der Waals surface area contributed by atoms with Crippen molar-refractivity contribution in [2.45, 2.75) is 76.4 Å². The van der Waals surface area contributed by atoms with Crippen molar-refractivity contribution in [3.05, 3.63) is 0 Å². The molecular formula is C19H34N2O5S2. The van der Waals surface area contributed by atoms with Gasteiger partial charge >= 0.3 is 0 Å². The molecule has 3 rings (SSSR count). The predicted octanol–water partition coefficient (Wildman–Crippen LogP) is 1.23. The molecule has 1 aliphatic carbocycles. The molecule has 1 amide bonds. The summed E-state index contributed by atoms with van der Waals surface area (Å²) in [5.74, 6) is 0.529. The Hall–Kier alpha value is -0.670. The van der Waals surface area contributed by atoms with E-state index in [1.807, 2.05) is 16.7 Å². The smallest absolute Gasteiger partial charge is 0.237 e. The van der Waals surface area contributed by atoms with Crippen LogP contribution in [0.25, 0.3) is 0 Å². The Morgan fingerprint density at radius 2 is 1.39 bits per heavy atom. The summed E-state index contributed by atoms with van der Waals surface area (Å²) in [5.41, 5.74) is 0. The third kappa shape index (κ3) is 5.48. The van der Waals surface area contributed by atoms with Gasteiger partial charge < -0.3 is 4.90 Å². The topological polar surface area (TPSA) is 91.8 Å². The van der Waals surface area contributed by atoms with E-state index >= 15 is 0 Å². The second kappa shape index (κ2) is 9.00. The minimum Gasteiger partial charge on any atom is -0.335 e. The zero-order chi connectivity index (χ0) is 20.4. The zero-order valence-corrected chi connectivity index (χ0v) is 18.5. The van der Waals surface area contributed by atoms with Gasteiger partial charge in [-0.25, -0.2) is 16.8 Å². The average molecular weight is 435 g/mol. The van der Waals surface area contributed by atoms with E-state index in [2.05, 4.69) is 0 Å². The van der Waals surface area contributed by atoms with Gasteiger partial charge in [0.2, 0.25) is 5.91 Å². The van der Waals surface area contributed by atoms with Gasteiger partial charge in [0.15, 0.2) is 19.7 Å². The molecular weight excluding hydrogens is 400 g/mol. The average Bonchev–Trinajstić information content (AvgIpc) is 3.17. The minimum absolute atomic E-state index is 0.0215. The van der Waals surface area contributed by atoms with Crippen molar-refractivity contribution in [1.82, 2.24) is 9.80 Å². The highest BCUT2D eigenvalue weighted by Gasteiger charge is 2.40. The van der Waals surface area contributed by atoms with Gasteiger partial charge in [0.25, 0.3) is 0 Å². The standard InChI is InChI=1S/C19H34N2O5S2/c1-2-10-20(17-8-11-27(23,24)14-17)13-19(22)21(16-6-4-3-5-7-16)18-9-12-28(25,26)15-18/h16-18H,2-15H2,1H3. The third-order valence-corrected chi connectivity index (χ3v) is 9.93. The lowest BCUT2D eigenvalue weighted by molar-refractivity contribution is -0.138. The molecule has 3 aliphatic rings. The number of hydrogen-bond acceptors (Lipinski definition) is 6. The molecule has 1 saturated carbocycles. The maximum Gasteiger partial charge on any atom is 0.237 e. The highest BCUT2D eigenvalue weighted by Crippen LogP contribution is 2.29. The van der Waals surface area contributed by atoms with E-state index in [0.29, 0.717) is 19.4 Å². The van der Waals surface area contributed by atoms with Crippen molar-refractivity contribution >= 4 is 25.6 Å². The van der Waals surface area contributed by atoms with Crippen LogP contribution in [0.3, 0.4) is 0 Å². The molecule has 0 aromatic carbocycles. The maximum atomic E-state index is 13.4. The fourth-order valence-electron chi connectivity index (χ4n) is 5.06. The van der Waals surface area contributed by atoms with Gasteiger partial charge in [0.1, 0.15) is 0 Å². The lowest BCUT2D eigenvalue weighted by atomic mass is 9.92. The zero-order valence-electron chi connectivity index (χ0n) is 16.9. The van der Waals surface area contributed by atoms with Crippen LogP contribution in [0.5, 0.6) is 0 Å². The van der Waals surface area contributed by atoms with Crippen LogP contribution in [0.15, 0.2) is 0 Å². The lowest BCUT2D eigenvalue weighted by Crippen LogP contribution is -2.53. The van der Waals surface area contributed by atoms with Gasteiger partial charge in [-0.05, 0) is 38.6 Å². The summed E-state index contributed by atoms with van der Waals surface area (Å²) in [6.07, 6.45) is 7.16. The molecule has 2 saturated heterocycles. The van der Waals surface area contributed by atoms with Crippen LogP contribution < -0.4 is 0 Å². The van der Waals surface area contributed by atoms with E-state index in [4.69, 9.17) is 0 Å². The molecule has 0 bridgehead atoms. The third-order valence-electron chi connectivity index (χ3n) is 6.43. The van der Waals surface area contributed by atoms with E-state index in [-0.39, 0.29) is 53.6 Å². The molecule has 28 heavy (non-hydrogen) atoms. The van der Waals surface area contributed by atoms with Crippen molar-refractivity contribution in [3.63, 3.8) is 0 Å². The molecule has 162 valence electrons. The summed E-state index contributed by atoms with van der Waals surface area (Å²) in [4.78, 5) is 17.3. The summed E-state index contributed by atoms with van der Waals surface area (Å²) in [7, 11) is -6.08. The SMILES string of the molecule is CCCN(CC(=O)N(C1CCCCC1)C1CCS(=O)(=O)C1)C1CCS(=O)(=O)C1. The number of amides is 1. The Bertz CT molecular complexity index is 759. The minimum atomic E-state index is -3.07. The fraction of sp³-hybridized carbons (Fsp3) is 0.947. The normalized spacial score (nSPS) is 29.9. The molecule has 2 aliphatic heterocycles. The highest BCUT2D eigenvalue weighted by atomic mass is 32.2. The van der Waals surface area contributed by atoms with Gasteiger partial charge in [-0.2, -0.15) is 0 Å². The second-order valence-electron chi connectivity index (χ2n) is 8.68. The molecule has 0 aromatic rings. The molecule has 0 N–H and O–H groups in total. The first kappa shape index (κ1) is 22.0. The molecule has 9 heteroatoms. The highest BCUT2D eigenvalue weighted by molar-refractivity contribution is 7.91. The number of rotatable bonds is 7. The number of hydrogen-bond donors (Lipinski definition) is 0. The van der Waals surface area contributed by atoms with Crippen molar-refractivity contribution in [2.24, 2.45) is 0 Å². The van der Waals surface area contributed by atoms with E-state index in [0.717, 1.165) is 32.1 Å². The van der Waals surface area contributed by atoms with Crippen LogP contribution in [-0.4, -0.2) is 86.8 Å². The second-order valence-corrected chi connectivity index (χ2v) is 13.1. The van der Waals surface area contributed by atoms with Crippen LogP contribution in [0.4, 0.5) is 0 Å². The van der Waals surface area contributed by atoms with Gasteiger partial charge in [-0.3, -0.25) is 9.69 Å². The molecule has 2 atom stereocenters. The molecule has 2 heterocycles. The lowest BCUT2D eigenvalue weighted by Gasteiger charge is -2.40. The van der Waals surface area contributed by atoms with Crippen molar-refractivity contribution in [1.29, 1.82) is 0 Å². The van der Waals surface area contributed by atoms with Crippen molar-refractivity contribution in [3.8, 4) is 0 Å². The molecule has 3 fully saturated rings. The summed E-state index contributed by atoms with van der Waals surface area (Å²) >= 11 is 0. The van der Waals surface area contributed by atoms with Crippen LogP contribution in [0, 0.1) is 0 Å². The number of carbonyl (C=O) groups excluding carboxylic acids is 1. The Morgan fingerprint density at radius 3 is 1.89 bits per heavy atom. The monoisotopic (exact) mass is 434 g/mol. The van der Waals surface area contributed by atoms with E-state index in [1.54, 1.807) is 0 Å². The Morgan fingerprint density at radius 1 is 0.821 bits per heavy atom. The predicted molar refractivity (Wildman–Crippen MR) is 110 cm³/mol. The summed E-state index contributed by atoms with van der Waals surface area (Å²) in [6.45, 7) is 2.91. The van der Waals surface area contributed by atoms with Crippen molar-refractivity contribution < 1.29 is 21.6 Å². The summed E-state index contributed by atoms with van der Waals surface area (Å²) < 4.78 is 47.9. The summed E-state index contributed by atoms with van der Waals surface area (Å²) in [5, 5.41) is 0. The van der Waals surface area contributed by atoms with E-state index < -0.39 is 19.7 Å². The first-order valence-corrected chi connectivity index (χ1v) is 14.3. The molecule has 7 nitrogen and oxygen atoms in total. The first-order chi connectivity index (χ1) is 13.2. The molecule has 2 unspecified atom stereocenters. The first-order valence-electron chi connectivity index (χ1n) is 10.7. The Balaban J connectivity index is 1.75. The fourth-order valence-corrected chi connectivity index (χ4v) is 8.53. The van der Waals surface area contributed by atoms with Gasteiger partial charge in [0, 0.05) is 18.1 Å². The summed E-state index contributed by atoms with van der Waals surface area (Å²) in [6, 6.07) is -0.207. The number of carbonyl (C=O) groups is 1. The largest absolute Gasteiger partial charge is 0.335 e. The van der Waals surface area contributed by atoms with Crippen LogP contribution in [0.1, 0.15) is 58.3 Å². The van der Waals surface area contributed by atoms with E-state index in [1.165, 1.54) is 6.42 Å². The molecule has 0 spiro atoms. The van der Waals surface area contributed by atoms with E-state index in [9.17, 15) is 21.6 Å². The van der Waals surface area contributed by atoms with Crippen LogP contribution in [-0.2, 0) is 24.5 Å². The van der Waals surface area contributed by atoms with Gasteiger partial charge in [-0.1, -0.05) is 26.2 Å². The number of nitrogens with zero attached hydrogens (tertiary/aromatic N) is 2. The van der Waals surface area contributed by atoms with Gasteiger partial charge in [-0.15, -0.1) is 0 Å². The maximum absolute atomic E-state index is 13.4. The molecule has 0 radical (unpaired) electrons. The Labute approximate surface area is 169 Å². The quantitative estimate of drug-likeness (QED) is 0.599. The molecule has 0 aromatic heterocycles. The Kier molecular flexibility index (Phi) is 7.08. The number of sulfone groups is 2. The van der Waals surface area contributed by atoms with Crippen LogP contribution >= 0.6 is 0 Å². The van der Waals surface area contributed by atoms with Crippen LogP contribution in [0.2, 0.25) is 0 Å². The van der Waals surface area contributed by atoms with Crippen molar-refractivity contribution in [2.75, 3.05) is 36.1 Å².